The molecule has 0 aliphatic heterocycles. The summed E-state index contributed by atoms with van der Waals surface area (Å²) in [6.45, 7) is 0. The third-order valence-electron chi connectivity index (χ3n) is 3.17. The highest BCUT2D eigenvalue weighted by molar-refractivity contribution is 7.47. The molecule has 2 saturated carbocycles. The molecule has 4 nitrogen and oxygen atoms in total. The van der Waals surface area contributed by atoms with Crippen LogP contribution in [0.1, 0.15) is 51.4 Å². The van der Waals surface area contributed by atoms with Crippen LogP contribution in [0.2, 0.25) is 0 Å². The Kier molecular flexibility index (Phi) is 3.83. The molecule has 0 saturated heterocycles. The highest BCUT2D eigenvalue weighted by Crippen LogP contribution is 2.49. The van der Waals surface area contributed by atoms with Gasteiger partial charge >= 0.3 is 7.82 Å². The molecule has 0 aromatic carbocycles. The fraction of sp³-hybridized carbons (Fsp3) is 1.00. The van der Waals surface area contributed by atoms with Gasteiger partial charge in [0.1, 0.15) is 0 Å². The van der Waals surface area contributed by atoms with Gasteiger partial charge in [-0.05, 0) is 25.7 Å². The van der Waals surface area contributed by atoms with Crippen LogP contribution in [0.5, 0.6) is 0 Å². The zero-order valence-corrected chi connectivity index (χ0v) is 9.83. The van der Waals surface area contributed by atoms with Crippen molar-refractivity contribution < 1.29 is 18.5 Å². The van der Waals surface area contributed by atoms with Crippen LogP contribution in [-0.4, -0.2) is 17.1 Å². The average molecular weight is 234 g/mol. The Hall–Kier alpha value is 0.110. The van der Waals surface area contributed by atoms with Gasteiger partial charge in [-0.15, -0.1) is 0 Å². The van der Waals surface area contributed by atoms with Gasteiger partial charge < -0.3 is 4.89 Å². The van der Waals surface area contributed by atoms with Crippen molar-refractivity contribution in [1.29, 1.82) is 0 Å². The Morgan fingerprint density at radius 1 is 0.867 bits per heavy atom. The van der Waals surface area contributed by atoms with Crippen molar-refractivity contribution in [2.45, 2.75) is 63.6 Å². The Bertz CT molecular complexity index is 222. The first-order valence-electron chi connectivity index (χ1n) is 5.85. The lowest BCUT2D eigenvalue weighted by Crippen LogP contribution is -2.11. The second-order valence-electron chi connectivity index (χ2n) is 4.49. The van der Waals surface area contributed by atoms with E-state index in [1.807, 2.05) is 0 Å². The van der Waals surface area contributed by atoms with E-state index in [4.69, 9.17) is 9.05 Å². The Labute approximate surface area is 90.6 Å². The van der Waals surface area contributed by atoms with E-state index in [1.54, 1.807) is 0 Å². The van der Waals surface area contributed by atoms with Crippen molar-refractivity contribution in [2.75, 3.05) is 0 Å². The first-order valence-corrected chi connectivity index (χ1v) is 7.35. The number of phosphoric acid groups is 1. The second-order valence-corrected chi connectivity index (χ2v) is 5.85. The number of hydrogen-bond donors (Lipinski definition) is 1. The molecular formula is C10H19O4P. The molecule has 15 heavy (non-hydrogen) atoms. The van der Waals surface area contributed by atoms with E-state index in [0.29, 0.717) is 0 Å². The van der Waals surface area contributed by atoms with Crippen molar-refractivity contribution in [3.63, 3.8) is 0 Å². The summed E-state index contributed by atoms with van der Waals surface area (Å²) in [6.07, 6.45) is 7.78. The summed E-state index contributed by atoms with van der Waals surface area (Å²) in [5.41, 5.74) is 0. The molecule has 0 radical (unpaired) electrons. The Morgan fingerprint density at radius 3 is 1.53 bits per heavy atom. The third kappa shape index (κ3) is 3.56. The number of hydrogen-bond acceptors (Lipinski definition) is 3. The summed E-state index contributed by atoms with van der Waals surface area (Å²) in [5, 5.41) is 0. The molecule has 0 amide bonds. The molecule has 0 aromatic heterocycles. The molecule has 2 fully saturated rings. The second kappa shape index (κ2) is 4.96. The van der Waals surface area contributed by atoms with Crippen LogP contribution in [0.25, 0.3) is 0 Å². The van der Waals surface area contributed by atoms with Crippen molar-refractivity contribution >= 4 is 7.82 Å². The topological polar surface area (TPSA) is 55.8 Å². The molecule has 88 valence electrons. The molecule has 0 spiro atoms. The minimum absolute atomic E-state index is 0.0674. The summed E-state index contributed by atoms with van der Waals surface area (Å²) >= 11 is 0. The van der Waals surface area contributed by atoms with Gasteiger partial charge in [0.05, 0.1) is 12.2 Å². The van der Waals surface area contributed by atoms with Gasteiger partial charge in [-0.2, -0.15) is 0 Å². The molecule has 2 aliphatic rings. The normalized spacial score (nSPS) is 25.1. The standard InChI is InChI=1S/C10H19O4P/c11-15(12,13-9-5-1-2-6-9)14-10-7-3-4-8-10/h9-10H,1-8H2,(H,11,12). The van der Waals surface area contributed by atoms with E-state index in [1.165, 1.54) is 0 Å². The zero-order chi connectivity index (χ0) is 10.7. The van der Waals surface area contributed by atoms with Crippen LogP contribution in [0.4, 0.5) is 0 Å². The van der Waals surface area contributed by atoms with Gasteiger partial charge in [0.2, 0.25) is 0 Å². The smallest absolute Gasteiger partial charge is 0.302 e. The van der Waals surface area contributed by atoms with Crippen LogP contribution >= 0.6 is 7.82 Å². The predicted molar refractivity (Wildman–Crippen MR) is 56.5 cm³/mol. The summed E-state index contributed by atoms with van der Waals surface area (Å²) in [4.78, 5) is 9.55. The van der Waals surface area contributed by atoms with Crippen molar-refractivity contribution in [3.05, 3.63) is 0 Å². The van der Waals surface area contributed by atoms with Gasteiger partial charge in [0, 0.05) is 0 Å². The lowest BCUT2D eigenvalue weighted by molar-refractivity contribution is 0.0782. The van der Waals surface area contributed by atoms with E-state index >= 15 is 0 Å². The highest BCUT2D eigenvalue weighted by Gasteiger charge is 2.32. The van der Waals surface area contributed by atoms with Crippen LogP contribution < -0.4 is 0 Å². The Morgan fingerprint density at radius 2 is 1.20 bits per heavy atom. The molecule has 0 aromatic rings. The van der Waals surface area contributed by atoms with Crippen molar-refractivity contribution in [2.24, 2.45) is 0 Å². The summed E-state index contributed by atoms with van der Waals surface area (Å²) in [7, 11) is -3.79. The van der Waals surface area contributed by atoms with Crippen molar-refractivity contribution in [3.8, 4) is 0 Å². The predicted octanol–water partition coefficient (Wildman–Crippen LogP) is 3.01. The minimum Gasteiger partial charge on any atom is -0.302 e. The van der Waals surface area contributed by atoms with Crippen molar-refractivity contribution in [1.82, 2.24) is 0 Å². The SMILES string of the molecule is O=P(O)(OC1CCCC1)OC1CCCC1. The van der Waals surface area contributed by atoms with Crippen LogP contribution in [0, 0.1) is 0 Å². The minimum atomic E-state index is -3.79. The third-order valence-corrected chi connectivity index (χ3v) is 4.30. The van der Waals surface area contributed by atoms with Gasteiger partial charge in [-0.1, -0.05) is 25.7 Å². The van der Waals surface area contributed by atoms with Crippen LogP contribution in [0.15, 0.2) is 0 Å². The Balaban J connectivity index is 1.79. The molecule has 1 N–H and O–H groups in total. The zero-order valence-electron chi connectivity index (χ0n) is 8.93. The van der Waals surface area contributed by atoms with Gasteiger partial charge in [0.15, 0.2) is 0 Å². The first kappa shape index (κ1) is 11.6. The molecule has 5 heteroatoms. The molecule has 0 atom stereocenters. The van der Waals surface area contributed by atoms with E-state index in [0.717, 1.165) is 51.4 Å². The largest absolute Gasteiger partial charge is 0.472 e. The van der Waals surface area contributed by atoms with E-state index in [-0.39, 0.29) is 12.2 Å². The maximum absolute atomic E-state index is 11.6. The number of phosphoric ester groups is 1. The molecule has 0 bridgehead atoms. The maximum atomic E-state index is 11.6. The van der Waals surface area contributed by atoms with Crippen LogP contribution in [-0.2, 0) is 13.6 Å². The fourth-order valence-electron chi connectivity index (χ4n) is 2.39. The molecule has 2 aliphatic carbocycles. The monoisotopic (exact) mass is 234 g/mol. The van der Waals surface area contributed by atoms with Gasteiger partial charge in [-0.3, -0.25) is 9.05 Å². The summed E-state index contributed by atoms with van der Waals surface area (Å²) < 4.78 is 21.9. The quantitative estimate of drug-likeness (QED) is 0.759. The lowest BCUT2D eigenvalue weighted by Gasteiger charge is -2.19. The van der Waals surface area contributed by atoms with E-state index < -0.39 is 7.82 Å². The van der Waals surface area contributed by atoms with Crippen LogP contribution in [0.3, 0.4) is 0 Å². The molecular weight excluding hydrogens is 215 g/mol. The summed E-state index contributed by atoms with van der Waals surface area (Å²) in [6, 6.07) is 0. The molecule has 2 rings (SSSR count). The molecule has 0 heterocycles. The maximum Gasteiger partial charge on any atom is 0.472 e. The van der Waals surface area contributed by atoms with E-state index in [9.17, 15) is 9.46 Å². The van der Waals surface area contributed by atoms with Gasteiger partial charge in [-0.25, -0.2) is 4.57 Å². The van der Waals surface area contributed by atoms with Gasteiger partial charge in [0.25, 0.3) is 0 Å². The average Bonchev–Trinajstić information content (AvgIpc) is 2.75. The highest BCUT2D eigenvalue weighted by atomic mass is 31.2. The molecule has 0 unspecified atom stereocenters. The fourth-order valence-corrected chi connectivity index (χ4v) is 3.61. The summed E-state index contributed by atoms with van der Waals surface area (Å²) in [5.74, 6) is 0. The first-order chi connectivity index (χ1) is 7.16. The van der Waals surface area contributed by atoms with E-state index in [2.05, 4.69) is 0 Å². The lowest BCUT2D eigenvalue weighted by atomic mass is 10.3. The number of rotatable bonds is 4.